The minimum atomic E-state index is -1.30. The van der Waals surface area contributed by atoms with Crippen molar-refractivity contribution in [2.75, 3.05) is 6.61 Å². The number of unbranched alkanes of at least 4 members (excludes halogenated alkanes) is 3. The van der Waals surface area contributed by atoms with Gasteiger partial charge >= 0.3 is 5.97 Å². The van der Waals surface area contributed by atoms with E-state index in [4.69, 9.17) is 4.74 Å². The normalized spacial score (nSPS) is 14.9. The van der Waals surface area contributed by atoms with Crippen LogP contribution >= 0.6 is 0 Å². The Morgan fingerprint density at radius 3 is 2.43 bits per heavy atom. The highest BCUT2D eigenvalue weighted by Crippen LogP contribution is 2.16. The molecule has 14 heavy (non-hydrogen) atoms. The molecule has 0 aromatic rings. The van der Waals surface area contributed by atoms with Gasteiger partial charge in [0.15, 0.2) is 5.60 Å². The number of hydrogen-bond donors (Lipinski definition) is 1. The first-order chi connectivity index (χ1) is 6.54. The van der Waals surface area contributed by atoms with Crippen molar-refractivity contribution in [3.63, 3.8) is 0 Å². The van der Waals surface area contributed by atoms with E-state index in [1.807, 2.05) is 0 Å². The summed E-state index contributed by atoms with van der Waals surface area (Å²) < 4.78 is 4.77. The number of carbonyl (C=O) groups excluding carboxylic acids is 1. The van der Waals surface area contributed by atoms with Crippen LogP contribution in [-0.2, 0) is 9.53 Å². The van der Waals surface area contributed by atoms with E-state index in [0.29, 0.717) is 13.0 Å². The van der Waals surface area contributed by atoms with Gasteiger partial charge < -0.3 is 9.84 Å². The van der Waals surface area contributed by atoms with Gasteiger partial charge in [-0.3, -0.25) is 0 Å². The van der Waals surface area contributed by atoms with Crippen molar-refractivity contribution in [1.29, 1.82) is 0 Å². The number of carbonyl (C=O) groups is 1. The fourth-order valence-electron chi connectivity index (χ4n) is 1.28. The molecular formula is C11H22O3. The van der Waals surface area contributed by atoms with Crippen LogP contribution in [-0.4, -0.2) is 23.3 Å². The van der Waals surface area contributed by atoms with Crippen molar-refractivity contribution in [2.45, 2.75) is 58.5 Å². The predicted octanol–water partition coefficient (Wildman–Crippen LogP) is 2.27. The van der Waals surface area contributed by atoms with Crippen molar-refractivity contribution < 1.29 is 14.6 Å². The summed E-state index contributed by atoms with van der Waals surface area (Å²) in [5.74, 6) is -0.503. The van der Waals surface area contributed by atoms with Gasteiger partial charge in [0.25, 0.3) is 0 Å². The maximum absolute atomic E-state index is 11.3. The molecule has 0 aliphatic carbocycles. The molecule has 0 saturated carbocycles. The zero-order valence-electron chi connectivity index (χ0n) is 9.51. The van der Waals surface area contributed by atoms with Crippen molar-refractivity contribution >= 4 is 5.97 Å². The van der Waals surface area contributed by atoms with E-state index in [0.717, 1.165) is 25.7 Å². The van der Waals surface area contributed by atoms with Crippen LogP contribution in [0.15, 0.2) is 0 Å². The van der Waals surface area contributed by atoms with Gasteiger partial charge in [-0.05, 0) is 26.7 Å². The molecule has 0 aliphatic rings. The van der Waals surface area contributed by atoms with Crippen molar-refractivity contribution in [1.82, 2.24) is 0 Å². The Morgan fingerprint density at radius 1 is 1.29 bits per heavy atom. The van der Waals surface area contributed by atoms with Crippen LogP contribution in [0, 0.1) is 0 Å². The monoisotopic (exact) mass is 202 g/mol. The maximum atomic E-state index is 11.3. The quantitative estimate of drug-likeness (QED) is 0.509. The lowest BCUT2D eigenvalue weighted by molar-refractivity contribution is -0.163. The number of esters is 1. The number of rotatable bonds is 7. The average molecular weight is 202 g/mol. The first-order valence-electron chi connectivity index (χ1n) is 5.44. The second-order valence-corrected chi connectivity index (χ2v) is 3.80. The Kier molecular flexibility index (Phi) is 6.54. The molecule has 1 N–H and O–H groups in total. The van der Waals surface area contributed by atoms with Crippen LogP contribution < -0.4 is 0 Å². The molecule has 0 fully saturated rings. The molecule has 0 radical (unpaired) electrons. The van der Waals surface area contributed by atoms with Gasteiger partial charge in [-0.25, -0.2) is 4.79 Å². The molecule has 0 aromatic carbocycles. The minimum absolute atomic E-state index is 0.323. The Labute approximate surface area is 86.5 Å². The number of aliphatic hydroxyl groups is 1. The van der Waals surface area contributed by atoms with Crippen LogP contribution in [0.25, 0.3) is 0 Å². The lowest BCUT2D eigenvalue weighted by Crippen LogP contribution is -2.36. The van der Waals surface area contributed by atoms with Crippen LogP contribution in [0.1, 0.15) is 52.9 Å². The van der Waals surface area contributed by atoms with Crippen LogP contribution in [0.4, 0.5) is 0 Å². The van der Waals surface area contributed by atoms with Crippen molar-refractivity contribution in [2.24, 2.45) is 0 Å². The lowest BCUT2D eigenvalue weighted by atomic mass is 9.98. The molecule has 0 heterocycles. The summed E-state index contributed by atoms with van der Waals surface area (Å²) in [6.07, 6.45) is 4.73. The highest BCUT2D eigenvalue weighted by atomic mass is 16.5. The summed E-state index contributed by atoms with van der Waals surface area (Å²) in [7, 11) is 0. The molecular weight excluding hydrogens is 180 g/mol. The van der Waals surface area contributed by atoms with E-state index in [1.165, 1.54) is 6.92 Å². The molecule has 0 amide bonds. The molecule has 0 aliphatic heterocycles. The van der Waals surface area contributed by atoms with E-state index < -0.39 is 11.6 Å². The summed E-state index contributed by atoms with van der Waals surface area (Å²) in [4.78, 5) is 11.3. The molecule has 0 rings (SSSR count). The Balaban J connectivity index is 3.76. The van der Waals surface area contributed by atoms with E-state index in [-0.39, 0.29) is 0 Å². The molecule has 1 unspecified atom stereocenters. The SMILES string of the molecule is CCCCCCC(C)(O)C(=O)OCC. The maximum Gasteiger partial charge on any atom is 0.337 e. The van der Waals surface area contributed by atoms with Gasteiger partial charge in [-0.2, -0.15) is 0 Å². The Bertz CT molecular complexity index is 164. The van der Waals surface area contributed by atoms with Gasteiger partial charge in [0, 0.05) is 0 Å². The second-order valence-electron chi connectivity index (χ2n) is 3.80. The van der Waals surface area contributed by atoms with Crippen LogP contribution in [0.2, 0.25) is 0 Å². The first kappa shape index (κ1) is 13.4. The second kappa shape index (κ2) is 6.82. The van der Waals surface area contributed by atoms with Gasteiger partial charge in [0.1, 0.15) is 0 Å². The van der Waals surface area contributed by atoms with E-state index >= 15 is 0 Å². The van der Waals surface area contributed by atoms with E-state index in [2.05, 4.69) is 6.92 Å². The van der Waals surface area contributed by atoms with Gasteiger partial charge in [0.05, 0.1) is 6.61 Å². The molecule has 1 atom stereocenters. The molecule has 84 valence electrons. The zero-order chi connectivity index (χ0) is 11.0. The predicted molar refractivity (Wildman–Crippen MR) is 56.0 cm³/mol. The standard InChI is InChI=1S/C11H22O3/c1-4-6-7-8-9-11(3,13)10(12)14-5-2/h13H,4-9H2,1-3H3. The number of ether oxygens (including phenoxy) is 1. The first-order valence-corrected chi connectivity index (χ1v) is 5.44. The van der Waals surface area contributed by atoms with Gasteiger partial charge in [0.2, 0.25) is 0 Å². The van der Waals surface area contributed by atoms with Crippen LogP contribution in [0.3, 0.4) is 0 Å². The molecule has 3 heteroatoms. The molecule has 0 bridgehead atoms. The Hall–Kier alpha value is -0.570. The summed E-state index contributed by atoms with van der Waals surface area (Å²) in [6, 6.07) is 0. The fourth-order valence-corrected chi connectivity index (χ4v) is 1.28. The minimum Gasteiger partial charge on any atom is -0.464 e. The summed E-state index contributed by atoms with van der Waals surface area (Å²) >= 11 is 0. The molecule has 0 saturated heterocycles. The third-order valence-electron chi connectivity index (χ3n) is 2.23. The fraction of sp³-hybridized carbons (Fsp3) is 0.909. The van der Waals surface area contributed by atoms with Crippen molar-refractivity contribution in [3.05, 3.63) is 0 Å². The van der Waals surface area contributed by atoms with Crippen molar-refractivity contribution in [3.8, 4) is 0 Å². The highest BCUT2D eigenvalue weighted by Gasteiger charge is 2.30. The zero-order valence-corrected chi connectivity index (χ0v) is 9.51. The molecule has 3 nitrogen and oxygen atoms in total. The summed E-state index contributed by atoms with van der Waals surface area (Å²) in [6.45, 7) is 5.72. The van der Waals surface area contributed by atoms with Gasteiger partial charge in [-0.15, -0.1) is 0 Å². The molecule has 0 aromatic heterocycles. The third-order valence-corrected chi connectivity index (χ3v) is 2.23. The molecule has 0 spiro atoms. The average Bonchev–Trinajstić information content (AvgIpc) is 2.13. The summed E-state index contributed by atoms with van der Waals surface area (Å²) in [5.41, 5.74) is -1.30. The van der Waals surface area contributed by atoms with Crippen LogP contribution in [0.5, 0.6) is 0 Å². The summed E-state index contributed by atoms with van der Waals surface area (Å²) in [5, 5.41) is 9.74. The Morgan fingerprint density at radius 2 is 1.93 bits per heavy atom. The smallest absolute Gasteiger partial charge is 0.337 e. The van der Waals surface area contributed by atoms with Gasteiger partial charge in [-0.1, -0.05) is 26.2 Å². The topological polar surface area (TPSA) is 46.5 Å². The van der Waals surface area contributed by atoms with E-state index in [1.54, 1.807) is 6.92 Å². The van der Waals surface area contributed by atoms with E-state index in [9.17, 15) is 9.90 Å². The highest BCUT2D eigenvalue weighted by molar-refractivity contribution is 5.78. The lowest BCUT2D eigenvalue weighted by Gasteiger charge is -2.20. The largest absolute Gasteiger partial charge is 0.464 e. The third kappa shape index (κ3) is 5.22. The number of hydrogen-bond acceptors (Lipinski definition) is 3.